The van der Waals surface area contributed by atoms with Crippen LogP contribution in [0.5, 0.6) is 0 Å². The Kier molecular flexibility index (Phi) is 31.5. The lowest BCUT2D eigenvalue weighted by molar-refractivity contribution is 0.0650. The van der Waals surface area contributed by atoms with Gasteiger partial charge in [-0.2, -0.15) is 8.42 Å². The van der Waals surface area contributed by atoms with Crippen molar-refractivity contribution in [1.29, 1.82) is 0 Å². The lowest BCUT2D eigenvalue weighted by Gasteiger charge is -2.00. The first kappa shape index (κ1) is 30.4. The first-order valence-electron chi connectivity index (χ1n) is 9.38. The average Bonchev–Trinajstić information content (AvgIpc) is 2.59. The van der Waals surface area contributed by atoms with Gasteiger partial charge in [0, 0.05) is 13.2 Å². The predicted molar refractivity (Wildman–Crippen MR) is 103 cm³/mol. The van der Waals surface area contributed by atoms with E-state index in [9.17, 15) is 8.42 Å². The molecule has 0 fully saturated rings. The molecule has 8 nitrogen and oxygen atoms in total. The van der Waals surface area contributed by atoms with Gasteiger partial charge in [0.15, 0.2) is 0 Å². The Balaban J connectivity index is -0.000000366. The van der Waals surface area contributed by atoms with Crippen LogP contribution in [0.1, 0.15) is 65.7 Å². The summed E-state index contributed by atoms with van der Waals surface area (Å²) in [5.74, 6) is 0. The molecule has 0 unspecified atom stereocenters. The van der Waals surface area contributed by atoms with E-state index in [2.05, 4.69) is 15.8 Å². The molecule has 0 spiro atoms. The van der Waals surface area contributed by atoms with Gasteiger partial charge >= 0.3 is 10.4 Å². The van der Waals surface area contributed by atoms with Crippen LogP contribution in [0.3, 0.4) is 0 Å². The van der Waals surface area contributed by atoms with E-state index in [0.717, 1.165) is 26.1 Å². The minimum atomic E-state index is -4.23. The molecule has 0 heterocycles. The molecule has 9 heteroatoms. The van der Waals surface area contributed by atoms with Gasteiger partial charge in [0.2, 0.25) is 0 Å². The second-order valence-corrected chi connectivity index (χ2v) is 6.30. The summed E-state index contributed by atoms with van der Waals surface area (Å²) >= 11 is 0. The number of aliphatic hydroxyl groups is 2. The van der Waals surface area contributed by atoms with Crippen molar-refractivity contribution in [2.75, 3.05) is 46.2 Å². The molecule has 0 saturated heterocycles. The Morgan fingerprint density at radius 3 is 1.50 bits per heavy atom. The average molecular weight is 405 g/mol. The Morgan fingerprint density at radius 1 is 0.692 bits per heavy atom. The summed E-state index contributed by atoms with van der Waals surface area (Å²) in [6.07, 6.45) is 7.68. The van der Waals surface area contributed by atoms with Gasteiger partial charge in [0.05, 0.1) is 33.0 Å². The van der Waals surface area contributed by atoms with Crippen molar-refractivity contribution in [3.8, 4) is 0 Å². The summed E-state index contributed by atoms with van der Waals surface area (Å²) in [6, 6.07) is 0. The van der Waals surface area contributed by atoms with Crippen LogP contribution >= 0.6 is 0 Å². The summed E-state index contributed by atoms with van der Waals surface area (Å²) in [6.45, 7) is 8.62. The highest BCUT2D eigenvalue weighted by molar-refractivity contribution is 7.80. The minimum absolute atomic E-state index is 0.0278. The molecule has 0 radical (unpaired) electrons. The molecule has 0 aromatic rings. The Bertz CT molecular complexity index is 317. The third-order valence-electron chi connectivity index (χ3n) is 2.86. The van der Waals surface area contributed by atoms with Gasteiger partial charge in [-0.25, -0.2) is 4.18 Å². The van der Waals surface area contributed by atoms with E-state index >= 15 is 0 Å². The van der Waals surface area contributed by atoms with E-state index in [0.29, 0.717) is 19.6 Å². The highest BCUT2D eigenvalue weighted by atomic mass is 32.3. The lowest BCUT2D eigenvalue weighted by atomic mass is 10.1. The van der Waals surface area contributed by atoms with Crippen molar-refractivity contribution >= 4 is 10.4 Å². The zero-order valence-corrected chi connectivity index (χ0v) is 17.5. The van der Waals surface area contributed by atoms with E-state index in [1.165, 1.54) is 25.7 Å². The molecule has 0 amide bonds. The van der Waals surface area contributed by atoms with Crippen LogP contribution in [-0.2, 0) is 24.1 Å². The molecule has 162 valence electrons. The van der Waals surface area contributed by atoms with Crippen molar-refractivity contribution < 1.29 is 36.8 Å². The molecule has 26 heavy (non-hydrogen) atoms. The standard InChI is InChI=1S/C9H20O4S.C4H10O3.C4H10O/c1-2-3-4-5-6-7-8-9-13-14(10,11)12;5-1-3-7-4-2-6;1-3-5-4-2/h2-9H2,1H3,(H,10,11,12);5-6H,1-4H2;3-4H2,1-2H3. The van der Waals surface area contributed by atoms with Crippen LogP contribution < -0.4 is 0 Å². The summed E-state index contributed by atoms with van der Waals surface area (Å²) in [4.78, 5) is 0. The second-order valence-electron chi connectivity index (χ2n) is 5.21. The van der Waals surface area contributed by atoms with Gasteiger partial charge in [-0.3, -0.25) is 4.55 Å². The van der Waals surface area contributed by atoms with Crippen LogP contribution in [0, 0.1) is 0 Å². The maximum Gasteiger partial charge on any atom is 0.397 e. The van der Waals surface area contributed by atoms with Crippen LogP contribution in [-0.4, -0.2) is 69.4 Å². The fraction of sp³-hybridized carbons (Fsp3) is 1.00. The summed E-state index contributed by atoms with van der Waals surface area (Å²) < 4.78 is 42.2. The second kappa shape index (κ2) is 26.9. The predicted octanol–water partition coefficient (Wildman–Crippen LogP) is 2.59. The van der Waals surface area contributed by atoms with Crippen LogP contribution in [0.15, 0.2) is 0 Å². The monoisotopic (exact) mass is 404 g/mol. The van der Waals surface area contributed by atoms with E-state index < -0.39 is 10.4 Å². The Hall–Kier alpha value is -0.290. The van der Waals surface area contributed by atoms with Gasteiger partial charge in [0.1, 0.15) is 0 Å². The van der Waals surface area contributed by atoms with Crippen molar-refractivity contribution in [3.05, 3.63) is 0 Å². The molecule has 0 bridgehead atoms. The SMILES string of the molecule is CCCCCCCCCOS(=O)(=O)O.CCOCC.OCCOCCO. The highest BCUT2D eigenvalue weighted by Crippen LogP contribution is 2.07. The molecule has 3 N–H and O–H groups in total. The van der Waals surface area contributed by atoms with Crippen molar-refractivity contribution in [2.24, 2.45) is 0 Å². The molecular formula is C17H40O8S. The molecule has 0 aliphatic carbocycles. The largest absolute Gasteiger partial charge is 0.397 e. The molecule has 0 atom stereocenters. The molecule has 0 aliphatic heterocycles. The first-order valence-corrected chi connectivity index (χ1v) is 10.7. The Labute approximate surface area is 159 Å². The van der Waals surface area contributed by atoms with Crippen molar-refractivity contribution in [2.45, 2.75) is 65.7 Å². The topological polar surface area (TPSA) is 123 Å². The van der Waals surface area contributed by atoms with Crippen LogP contribution in [0.2, 0.25) is 0 Å². The number of hydrogen-bond donors (Lipinski definition) is 3. The summed E-state index contributed by atoms with van der Waals surface area (Å²) in [5.41, 5.74) is 0. The maximum atomic E-state index is 10.1. The third kappa shape index (κ3) is 43.8. The quantitative estimate of drug-likeness (QED) is 0.281. The number of aliphatic hydroxyl groups excluding tert-OH is 2. The molecule has 0 aromatic heterocycles. The van der Waals surface area contributed by atoms with Gasteiger partial charge in [-0.1, -0.05) is 45.4 Å². The molecular weight excluding hydrogens is 364 g/mol. The number of hydrogen-bond acceptors (Lipinski definition) is 7. The summed E-state index contributed by atoms with van der Waals surface area (Å²) in [5, 5.41) is 16.2. The first-order chi connectivity index (χ1) is 12.4. The van der Waals surface area contributed by atoms with Crippen molar-refractivity contribution in [3.63, 3.8) is 0 Å². The summed E-state index contributed by atoms with van der Waals surface area (Å²) in [7, 11) is -4.23. The molecule has 0 aromatic carbocycles. The van der Waals surface area contributed by atoms with Gasteiger partial charge in [-0.15, -0.1) is 0 Å². The normalized spacial score (nSPS) is 10.5. The van der Waals surface area contributed by atoms with Gasteiger partial charge in [0.25, 0.3) is 0 Å². The number of rotatable bonds is 15. The number of unbranched alkanes of at least 4 members (excludes halogenated alkanes) is 6. The maximum absolute atomic E-state index is 10.1. The smallest absolute Gasteiger partial charge is 0.394 e. The molecule has 0 rings (SSSR count). The van der Waals surface area contributed by atoms with E-state index in [1.54, 1.807) is 0 Å². The fourth-order valence-electron chi connectivity index (χ4n) is 1.66. The van der Waals surface area contributed by atoms with E-state index in [-0.39, 0.29) is 19.8 Å². The zero-order chi connectivity index (χ0) is 20.5. The minimum Gasteiger partial charge on any atom is -0.394 e. The highest BCUT2D eigenvalue weighted by Gasteiger charge is 2.02. The van der Waals surface area contributed by atoms with Gasteiger partial charge < -0.3 is 19.7 Å². The molecule has 0 saturated carbocycles. The number of ether oxygens (including phenoxy) is 2. The van der Waals surface area contributed by atoms with Crippen LogP contribution in [0.25, 0.3) is 0 Å². The Morgan fingerprint density at radius 2 is 1.15 bits per heavy atom. The fourth-order valence-corrected chi connectivity index (χ4v) is 1.99. The van der Waals surface area contributed by atoms with Crippen molar-refractivity contribution in [1.82, 2.24) is 0 Å². The van der Waals surface area contributed by atoms with Crippen LogP contribution in [0.4, 0.5) is 0 Å². The zero-order valence-electron chi connectivity index (χ0n) is 16.7. The molecule has 0 aliphatic rings. The van der Waals surface area contributed by atoms with E-state index in [4.69, 9.17) is 19.5 Å². The lowest BCUT2D eigenvalue weighted by Crippen LogP contribution is -2.04. The van der Waals surface area contributed by atoms with E-state index in [1.807, 2.05) is 13.8 Å². The van der Waals surface area contributed by atoms with Gasteiger partial charge in [-0.05, 0) is 20.3 Å². The third-order valence-corrected chi connectivity index (χ3v) is 3.32.